The number of benzene rings is 1. The van der Waals surface area contributed by atoms with E-state index in [-0.39, 0.29) is 31.3 Å². The fourth-order valence-corrected chi connectivity index (χ4v) is 4.85. The molecule has 1 saturated carbocycles. The van der Waals surface area contributed by atoms with E-state index in [1.807, 2.05) is 12.1 Å². The molecule has 0 radical (unpaired) electrons. The van der Waals surface area contributed by atoms with Gasteiger partial charge in [-0.2, -0.15) is 0 Å². The topological polar surface area (TPSA) is 92.8 Å². The van der Waals surface area contributed by atoms with Crippen LogP contribution in [0.1, 0.15) is 45.1 Å². The van der Waals surface area contributed by atoms with Crippen LogP contribution in [0.5, 0.6) is 0 Å². The number of hydrogen-bond donors (Lipinski definition) is 1. The van der Waals surface area contributed by atoms with Crippen LogP contribution in [0.4, 0.5) is 4.79 Å². The Morgan fingerprint density at radius 1 is 1.21 bits per heavy atom. The highest BCUT2D eigenvalue weighted by atomic mass is 35.5. The minimum absolute atomic E-state index is 0.00862. The highest BCUT2D eigenvalue weighted by Crippen LogP contribution is 2.47. The smallest absolute Gasteiger partial charge is 0.410 e. The molecule has 0 spiro atoms. The van der Waals surface area contributed by atoms with Gasteiger partial charge in [-0.25, -0.2) is 13.2 Å². The number of likely N-dealkylation sites (tertiary alicyclic amines) is 1. The van der Waals surface area contributed by atoms with Gasteiger partial charge in [-0.15, -0.1) is 0 Å². The molecule has 1 aliphatic heterocycles. The summed E-state index contributed by atoms with van der Waals surface area (Å²) in [4.78, 5) is 25.9. The lowest BCUT2D eigenvalue weighted by Gasteiger charge is -2.24. The molecule has 1 heterocycles. The Morgan fingerprint density at radius 2 is 1.86 bits per heavy atom. The number of rotatable bonds is 4. The zero-order valence-electron chi connectivity index (χ0n) is 16.1. The molecule has 2 amide bonds. The maximum atomic E-state index is 12.6. The van der Waals surface area contributed by atoms with E-state index in [4.69, 9.17) is 16.3 Å². The lowest BCUT2D eigenvalue weighted by Crippen LogP contribution is -2.42. The molecule has 0 unspecified atom stereocenters. The Labute approximate surface area is 170 Å². The summed E-state index contributed by atoms with van der Waals surface area (Å²) in [6.07, 6.45) is 0.340. The maximum absolute atomic E-state index is 12.6. The lowest BCUT2D eigenvalue weighted by molar-refractivity contribution is -0.120. The van der Waals surface area contributed by atoms with E-state index in [2.05, 4.69) is 4.72 Å². The number of carbonyl (C=O) groups is 2. The molecular formula is C19H25ClN2O5S. The fraction of sp³-hybridized carbons (Fsp3) is 0.579. The normalized spacial score (nSPS) is 24.7. The molecule has 1 N–H and O–H groups in total. The third kappa shape index (κ3) is 4.97. The summed E-state index contributed by atoms with van der Waals surface area (Å²) in [6.45, 7) is 5.56. The van der Waals surface area contributed by atoms with Crippen LogP contribution in [0.3, 0.4) is 0 Å². The van der Waals surface area contributed by atoms with E-state index in [1.165, 1.54) is 4.90 Å². The first-order chi connectivity index (χ1) is 13.0. The lowest BCUT2D eigenvalue weighted by atomic mass is 10.1. The third-order valence-electron chi connectivity index (χ3n) is 4.90. The van der Waals surface area contributed by atoms with Crippen molar-refractivity contribution in [1.82, 2.24) is 9.62 Å². The van der Waals surface area contributed by atoms with Crippen molar-refractivity contribution >= 4 is 33.6 Å². The van der Waals surface area contributed by atoms with Gasteiger partial charge in [-0.05, 0) is 57.2 Å². The zero-order chi connectivity index (χ0) is 20.7. The van der Waals surface area contributed by atoms with Gasteiger partial charge < -0.3 is 9.64 Å². The Bertz CT molecular complexity index is 863. The standard InChI is InChI=1S/C19H25ClN2O5S/c1-19(2,3)27-18(24)22-9-8-14(11-22)28(25,26)21-17(23)16-10-15(16)12-4-6-13(20)7-5-12/h4-7,14-16H,8-11H2,1-3H3,(H,21,23)/t14-,15-,16-/m0/s1. The fourth-order valence-electron chi connectivity index (χ4n) is 3.34. The summed E-state index contributed by atoms with van der Waals surface area (Å²) in [6, 6.07) is 7.21. The average molecular weight is 429 g/mol. The first-order valence-electron chi connectivity index (χ1n) is 9.25. The number of amides is 2. The minimum Gasteiger partial charge on any atom is -0.444 e. The van der Waals surface area contributed by atoms with Gasteiger partial charge in [0, 0.05) is 24.0 Å². The van der Waals surface area contributed by atoms with Crippen molar-refractivity contribution in [3.63, 3.8) is 0 Å². The van der Waals surface area contributed by atoms with E-state index < -0.39 is 32.9 Å². The maximum Gasteiger partial charge on any atom is 0.410 e. The summed E-state index contributed by atoms with van der Waals surface area (Å²) >= 11 is 5.87. The highest BCUT2D eigenvalue weighted by Gasteiger charge is 2.46. The summed E-state index contributed by atoms with van der Waals surface area (Å²) in [7, 11) is -3.86. The number of ether oxygens (including phenoxy) is 1. The van der Waals surface area contributed by atoms with Crippen molar-refractivity contribution in [3.8, 4) is 0 Å². The van der Waals surface area contributed by atoms with Gasteiger partial charge in [0.2, 0.25) is 15.9 Å². The molecule has 3 atom stereocenters. The van der Waals surface area contributed by atoms with Crippen molar-refractivity contribution in [2.24, 2.45) is 5.92 Å². The van der Waals surface area contributed by atoms with Gasteiger partial charge >= 0.3 is 6.09 Å². The quantitative estimate of drug-likeness (QED) is 0.795. The molecule has 3 rings (SSSR count). The predicted molar refractivity (Wildman–Crippen MR) is 106 cm³/mol. The molecule has 1 saturated heterocycles. The summed E-state index contributed by atoms with van der Waals surface area (Å²) in [5, 5.41) is -0.208. The molecule has 154 valence electrons. The van der Waals surface area contributed by atoms with Crippen LogP contribution in [-0.4, -0.2) is 49.3 Å². The van der Waals surface area contributed by atoms with E-state index in [9.17, 15) is 18.0 Å². The van der Waals surface area contributed by atoms with Crippen molar-refractivity contribution in [1.29, 1.82) is 0 Å². The summed E-state index contributed by atoms with van der Waals surface area (Å²) in [5.41, 5.74) is 0.323. The predicted octanol–water partition coefficient (Wildman–Crippen LogP) is 2.90. The Kier molecular flexibility index (Phi) is 5.64. The monoisotopic (exact) mass is 428 g/mol. The number of nitrogens with zero attached hydrogens (tertiary/aromatic N) is 1. The van der Waals surface area contributed by atoms with E-state index in [0.717, 1.165) is 5.56 Å². The van der Waals surface area contributed by atoms with Crippen molar-refractivity contribution < 1.29 is 22.7 Å². The molecule has 1 aromatic rings. The van der Waals surface area contributed by atoms with Gasteiger partial charge in [0.25, 0.3) is 0 Å². The second-order valence-corrected chi connectivity index (χ2v) is 10.7. The van der Waals surface area contributed by atoms with Crippen molar-refractivity contribution in [3.05, 3.63) is 34.9 Å². The van der Waals surface area contributed by atoms with Crippen LogP contribution >= 0.6 is 11.6 Å². The largest absolute Gasteiger partial charge is 0.444 e. The molecule has 0 aromatic heterocycles. The first-order valence-corrected chi connectivity index (χ1v) is 11.2. The second kappa shape index (κ2) is 7.55. The minimum atomic E-state index is -3.86. The van der Waals surface area contributed by atoms with E-state index in [1.54, 1.807) is 32.9 Å². The number of halogens is 1. The van der Waals surface area contributed by atoms with Gasteiger partial charge in [0.15, 0.2) is 0 Å². The van der Waals surface area contributed by atoms with Gasteiger partial charge in [0.1, 0.15) is 5.60 Å². The van der Waals surface area contributed by atoms with Crippen LogP contribution < -0.4 is 4.72 Å². The van der Waals surface area contributed by atoms with E-state index >= 15 is 0 Å². The Hall–Kier alpha value is -1.80. The Balaban J connectivity index is 1.55. The molecule has 7 nitrogen and oxygen atoms in total. The van der Waals surface area contributed by atoms with Crippen LogP contribution in [-0.2, 0) is 19.6 Å². The number of carbonyl (C=O) groups excluding carboxylic acids is 2. The molecule has 1 aliphatic carbocycles. The molecule has 0 bridgehead atoms. The van der Waals surface area contributed by atoms with Gasteiger partial charge in [-0.3, -0.25) is 9.52 Å². The molecule has 28 heavy (non-hydrogen) atoms. The molecule has 9 heteroatoms. The van der Waals surface area contributed by atoms with Crippen LogP contribution in [0.2, 0.25) is 5.02 Å². The number of sulfonamides is 1. The van der Waals surface area contributed by atoms with Crippen LogP contribution in [0, 0.1) is 5.92 Å². The SMILES string of the molecule is CC(C)(C)OC(=O)N1CC[C@H](S(=O)(=O)NC(=O)[C@H]2C[C@H]2c2ccc(Cl)cc2)C1. The van der Waals surface area contributed by atoms with E-state index in [0.29, 0.717) is 11.4 Å². The number of hydrogen-bond acceptors (Lipinski definition) is 5. The number of nitrogens with one attached hydrogen (secondary N) is 1. The molecular weight excluding hydrogens is 404 g/mol. The highest BCUT2D eigenvalue weighted by molar-refractivity contribution is 7.90. The Morgan fingerprint density at radius 3 is 2.46 bits per heavy atom. The van der Waals surface area contributed by atoms with Crippen LogP contribution in [0.25, 0.3) is 0 Å². The summed E-state index contributed by atoms with van der Waals surface area (Å²) < 4.78 is 32.7. The molecule has 2 fully saturated rings. The zero-order valence-corrected chi connectivity index (χ0v) is 17.7. The second-order valence-electron chi connectivity index (χ2n) is 8.35. The average Bonchev–Trinajstić information content (AvgIpc) is 3.20. The van der Waals surface area contributed by atoms with Gasteiger partial charge in [0.05, 0.1) is 5.25 Å². The van der Waals surface area contributed by atoms with Crippen LogP contribution in [0.15, 0.2) is 24.3 Å². The van der Waals surface area contributed by atoms with Gasteiger partial charge in [-0.1, -0.05) is 23.7 Å². The van der Waals surface area contributed by atoms with Crippen molar-refractivity contribution in [2.75, 3.05) is 13.1 Å². The first kappa shape index (κ1) is 20.9. The summed E-state index contributed by atoms with van der Waals surface area (Å²) in [5.74, 6) is -0.843. The molecule has 2 aliphatic rings. The third-order valence-corrected chi connectivity index (χ3v) is 6.90. The van der Waals surface area contributed by atoms with Crippen molar-refractivity contribution in [2.45, 2.75) is 50.4 Å². The molecule has 1 aromatic carbocycles.